The summed E-state index contributed by atoms with van der Waals surface area (Å²) in [5, 5.41) is 0. The van der Waals surface area contributed by atoms with Crippen LogP contribution in [0.3, 0.4) is 0 Å². The summed E-state index contributed by atoms with van der Waals surface area (Å²) in [5.74, 6) is 0. The predicted molar refractivity (Wildman–Crippen MR) is 194 cm³/mol. The fourth-order valence-electron chi connectivity index (χ4n) is 8.05. The third kappa shape index (κ3) is 4.83. The minimum absolute atomic E-state index is 0.149. The van der Waals surface area contributed by atoms with Crippen molar-refractivity contribution in [2.45, 2.75) is 41.5 Å². The van der Waals surface area contributed by atoms with Crippen molar-refractivity contribution in [3.05, 3.63) is 155 Å². The van der Waals surface area contributed by atoms with Crippen LogP contribution in [0, 0.1) is 41.5 Å². The lowest BCUT2D eigenvalue weighted by Crippen LogP contribution is -2.76. The maximum absolute atomic E-state index is 2.49. The van der Waals surface area contributed by atoms with Gasteiger partial charge in [0.25, 0.3) is 0 Å². The highest BCUT2D eigenvalue weighted by Gasteiger charge is 2.41. The highest BCUT2D eigenvalue weighted by Crippen LogP contribution is 2.22. The van der Waals surface area contributed by atoms with E-state index in [-0.39, 0.29) is 13.4 Å². The van der Waals surface area contributed by atoms with Gasteiger partial charge in [0.2, 0.25) is 13.4 Å². The second-order valence-electron chi connectivity index (χ2n) is 12.9. The Balaban J connectivity index is 1.58. The average molecular weight is 564 g/mol. The third-order valence-electron chi connectivity index (χ3n) is 9.69. The number of benzene rings is 6. The van der Waals surface area contributed by atoms with E-state index in [2.05, 4.69) is 163 Å². The molecule has 0 saturated carbocycles. The normalized spacial score (nSPS) is 12.2. The van der Waals surface area contributed by atoms with Gasteiger partial charge in [-0.05, 0) is 63.8 Å². The Hall–Kier alpha value is -4.55. The van der Waals surface area contributed by atoms with Gasteiger partial charge in [-0.1, -0.05) is 187 Å². The van der Waals surface area contributed by atoms with E-state index in [0.29, 0.717) is 0 Å². The molecule has 44 heavy (non-hydrogen) atoms. The fourth-order valence-corrected chi connectivity index (χ4v) is 8.05. The van der Waals surface area contributed by atoms with Crippen LogP contribution in [0.15, 0.2) is 121 Å². The van der Waals surface area contributed by atoms with Crippen molar-refractivity contribution in [3.63, 3.8) is 0 Å². The Labute approximate surface area is 264 Å². The Morgan fingerprint density at radius 2 is 0.659 bits per heavy atom. The summed E-state index contributed by atoms with van der Waals surface area (Å²) in [7, 11) is 0. The van der Waals surface area contributed by atoms with Crippen molar-refractivity contribution >= 4 is 46.2 Å². The van der Waals surface area contributed by atoms with Crippen LogP contribution in [-0.2, 0) is 0 Å². The molecule has 0 aliphatic carbocycles. The van der Waals surface area contributed by atoms with Gasteiger partial charge in [-0.2, -0.15) is 0 Å². The van der Waals surface area contributed by atoms with Crippen LogP contribution >= 0.6 is 0 Å². The van der Waals surface area contributed by atoms with E-state index < -0.39 is 0 Å². The van der Waals surface area contributed by atoms with Crippen molar-refractivity contribution in [2.24, 2.45) is 0 Å². The quantitative estimate of drug-likeness (QED) is 0.223. The van der Waals surface area contributed by atoms with Crippen LogP contribution in [0.2, 0.25) is 0 Å². The van der Waals surface area contributed by atoms with Crippen molar-refractivity contribution in [1.29, 1.82) is 0 Å². The Morgan fingerprint density at radius 3 is 1.00 bits per heavy atom. The summed E-state index contributed by atoms with van der Waals surface area (Å²) in [4.78, 5) is 0. The molecule has 0 spiro atoms. The molecular formula is C42H38B2. The van der Waals surface area contributed by atoms with Crippen molar-refractivity contribution in [2.75, 3.05) is 0 Å². The number of hydrogen-bond donors (Lipinski definition) is 0. The zero-order chi connectivity index (χ0) is 30.5. The molecule has 0 nitrogen and oxygen atoms in total. The van der Waals surface area contributed by atoms with Gasteiger partial charge in [0.15, 0.2) is 0 Å². The van der Waals surface area contributed by atoms with Crippen LogP contribution in [-0.4, -0.2) is 13.4 Å². The van der Waals surface area contributed by atoms with E-state index in [1.807, 2.05) is 0 Å². The maximum atomic E-state index is 2.49. The molecule has 212 valence electrons. The summed E-state index contributed by atoms with van der Waals surface area (Å²) in [6.45, 7) is 13.9. The molecule has 7 rings (SSSR count). The SMILES string of the molecule is Cc1cc(C)c(B2c3ccc(-c4ccccc4)cc3B(c3c(C)cc(C)cc3C)c3ccc(-c4ccccc4)cc32)c(C)c1. The lowest BCUT2D eigenvalue weighted by atomic mass is 9.20. The van der Waals surface area contributed by atoms with Gasteiger partial charge in [-0.25, -0.2) is 0 Å². The van der Waals surface area contributed by atoms with E-state index in [0.717, 1.165) is 0 Å². The molecule has 1 aliphatic heterocycles. The molecule has 0 fully saturated rings. The molecule has 1 heterocycles. The van der Waals surface area contributed by atoms with Gasteiger partial charge in [-0.15, -0.1) is 0 Å². The molecule has 1 aliphatic rings. The summed E-state index contributed by atoms with van der Waals surface area (Å²) in [5.41, 5.74) is 21.7. The number of rotatable bonds is 4. The molecule has 0 radical (unpaired) electrons. The molecule has 6 aromatic rings. The van der Waals surface area contributed by atoms with Crippen molar-refractivity contribution in [3.8, 4) is 22.3 Å². The van der Waals surface area contributed by atoms with E-state index in [4.69, 9.17) is 0 Å². The third-order valence-corrected chi connectivity index (χ3v) is 9.69. The molecule has 0 saturated heterocycles. The van der Waals surface area contributed by atoms with Crippen molar-refractivity contribution < 1.29 is 0 Å². The smallest absolute Gasteiger partial charge is 0.0732 e. The van der Waals surface area contributed by atoms with Gasteiger partial charge in [-0.3, -0.25) is 0 Å². The highest BCUT2D eigenvalue weighted by molar-refractivity contribution is 7.11. The summed E-state index contributed by atoms with van der Waals surface area (Å²) >= 11 is 0. The van der Waals surface area contributed by atoms with Crippen LogP contribution in [0.25, 0.3) is 22.3 Å². The first-order valence-corrected chi connectivity index (χ1v) is 15.8. The van der Waals surface area contributed by atoms with E-state index in [9.17, 15) is 0 Å². The van der Waals surface area contributed by atoms with E-state index >= 15 is 0 Å². The fraction of sp³-hybridized carbons (Fsp3) is 0.143. The Morgan fingerprint density at radius 1 is 0.318 bits per heavy atom. The monoisotopic (exact) mass is 564 g/mol. The standard InChI is InChI=1S/C42H38B2/c1-27-21-29(3)41(30(4)22-27)43-37-19-17-36(34-15-11-8-12-16-34)26-40(37)44(42-31(5)23-28(2)24-32(42)6)38-20-18-35(25-39(38)43)33-13-9-7-10-14-33/h7-26H,1-6H3. The lowest BCUT2D eigenvalue weighted by molar-refractivity contribution is 1.35. The predicted octanol–water partition coefficient (Wildman–Crippen LogP) is 6.22. The van der Waals surface area contributed by atoms with E-state index in [1.54, 1.807) is 0 Å². The molecular weight excluding hydrogens is 526 g/mol. The number of hydrogen-bond acceptors (Lipinski definition) is 0. The molecule has 0 amide bonds. The second-order valence-corrected chi connectivity index (χ2v) is 12.9. The lowest BCUT2D eigenvalue weighted by Gasteiger charge is -2.35. The van der Waals surface area contributed by atoms with Gasteiger partial charge >= 0.3 is 0 Å². The van der Waals surface area contributed by atoms with Gasteiger partial charge < -0.3 is 0 Å². The minimum Gasteiger partial charge on any atom is -0.0732 e. The van der Waals surface area contributed by atoms with Gasteiger partial charge in [0.1, 0.15) is 0 Å². The molecule has 0 unspecified atom stereocenters. The van der Waals surface area contributed by atoms with Crippen LogP contribution in [0.1, 0.15) is 33.4 Å². The largest absolute Gasteiger partial charge is 0.240 e. The van der Waals surface area contributed by atoms with E-state index in [1.165, 1.54) is 88.4 Å². The molecule has 0 aromatic heterocycles. The summed E-state index contributed by atoms with van der Waals surface area (Å²) in [6.07, 6.45) is 0. The highest BCUT2D eigenvalue weighted by atomic mass is 14.2. The number of aryl methyl sites for hydroxylation is 6. The molecule has 0 bridgehead atoms. The first-order valence-electron chi connectivity index (χ1n) is 15.8. The Bertz CT molecular complexity index is 1830. The van der Waals surface area contributed by atoms with Crippen LogP contribution < -0.4 is 32.8 Å². The summed E-state index contributed by atoms with van der Waals surface area (Å²) in [6, 6.07) is 45.7. The van der Waals surface area contributed by atoms with Crippen LogP contribution in [0.4, 0.5) is 0 Å². The van der Waals surface area contributed by atoms with Gasteiger partial charge in [0.05, 0.1) is 0 Å². The minimum atomic E-state index is 0.149. The summed E-state index contributed by atoms with van der Waals surface area (Å²) < 4.78 is 0. The Kier molecular flexibility index (Phi) is 7.17. The molecule has 6 aromatic carbocycles. The average Bonchev–Trinajstić information content (AvgIpc) is 3.01. The first-order chi connectivity index (χ1) is 21.3. The van der Waals surface area contributed by atoms with Crippen LogP contribution in [0.5, 0.6) is 0 Å². The van der Waals surface area contributed by atoms with Crippen molar-refractivity contribution in [1.82, 2.24) is 0 Å². The molecule has 2 heteroatoms. The second kappa shape index (κ2) is 11.2. The number of fused-ring (bicyclic) bond motifs is 2. The molecule has 0 atom stereocenters. The zero-order valence-corrected chi connectivity index (χ0v) is 26.7. The molecule has 0 N–H and O–H groups in total. The maximum Gasteiger partial charge on any atom is 0.240 e. The topological polar surface area (TPSA) is 0 Å². The van der Waals surface area contributed by atoms with Gasteiger partial charge in [0, 0.05) is 0 Å². The first kappa shape index (κ1) is 28.2. The zero-order valence-electron chi connectivity index (χ0n) is 26.7.